The van der Waals surface area contributed by atoms with Crippen molar-refractivity contribution in [3.8, 4) is 0 Å². The van der Waals surface area contributed by atoms with Crippen molar-refractivity contribution in [1.29, 1.82) is 0 Å². The van der Waals surface area contributed by atoms with Crippen LogP contribution in [-0.2, 0) is 11.3 Å². The molecule has 0 aliphatic heterocycles. The Morgan fingerprint density at radius 3 is 2.79 bits per heavy atom. The molecule has 0 bridgehead atoms. The van der Waals surface area contributed by atoms with Gasteiger partial charge in [-0.15, -0.1) is 0 Å². The molecule has 0 amide bonds. The van der Waals surface area contributed by atoms with E-state index in [2.05, 4.69) is 10.3 Å². The van der Waals surface area contributed by atoms with Crippen LogP contribution in [0, 0.1) is 6.92 Å². The summed E-state index contributed by atoms with van der Waals surface area (Å²) in [7, 11) is 1.68. The first kappa shape index (κ1) is 14.2. The summed E-state index contributed by atoms with van der Waals surface area (Å²) in [5.41, 5.74) is 1.79. The molecule has 1 aromatic heterocycles. The largest absolute Gasteiger partial charge is 0.383 e. The number of hydrogen-bond acceptors (Lipinski definition) is 3. The van der Waals surface area contributed by atoms with E-state index in [1.165, 1.54) is 0 Å². The Kier molecular flexibility index (Phi) is 4.69. The fourth-order valence-corrected chi connectivity index (χ4v) is 2.01. The molecule has 2 aromatic rings. The Morgan fingerprint density at radius 1 is 1.32 bits per heavy atom. The Balaban J connectivity index is 2.19. The van der Waals surface area contributed by atoms with Crippen molar-refractivity contribution in [1.82, 2.24) is 9.55 Å². The fourth-order valence-electron chi connectivity index (χ4n) is 1.71. The highest BCUT2D eigenvalue weighted by Crippen LogP contribution is 2.26. The third-order valence-electron chi connectivity index (χ3n) is 2.61. The van der Waals surface area contributed by atoms with Crippen LogP contribution in [0.1, 0.15) is 5.69 Å². The van der Waals surface area contributed by atoms with Gasteiger partial charge in [0.1, 0.15) is 0 Å². The Hall–Kier alpha value is -1.23. The van der Waals surface area contributed by atoms with Gasteiger partial charge in [-0.25, -0.2) is 4.98 Å². The Labute approximate surface area is 122 Å². The lowest BCUT2D eigenvalue weighted by atomic mass is 10.3. The molecule has 2 rings (SSSR count). The summed E-state index contributed by atoms with van der Waals surface area (Å²) >= 11 is 11.9. The van der Waals surface area contributed by atoms with Crippen molar-refractivity contribution < 1.29 is 4.74 Å². The molecule has 1 heterocycles. The molecule has 0 fully saturated rings. The van der Waals surface area contributed by atoms with E-state index in [9.17, 15) is 0 Å². The predicted molar refractivity (Wildman–Crippen MR) is 78.6 cm³/mol. The first-order valence-electron chi connectivity index (χ1n) is 5.85. The zero-order chi connectivity index (χ0) is 13.8. The molecule has 0 atom stereocenters. The maximum absolute atomic E-state index is 5.99. The first-order chi connectivity index (χ1) is 9.10. The predicted octanol–water partition coefficient (Wildman–Crippen LogP) is 3.89. The zero-order valence-electron chi connectivity index (χ0n) is 10.8. The lowest BCUT2D eigenvalue weighted by Gasteiger charge is -2.09. The number of ether oxygens (including phenoxy) is 1. The molecule has 0 unspecified atom stereocenters. The summed E-state index contributed by atoms with van der Waals surface area (Å²) in [5, 5.41) is 4.27. The second-order valence-corrected chi connectivity index (χ2v) is 4.96. The second-order valence-electron chi connectivity index (χ2n) is 4.15. The van der Waals surface area contributed by atoms with Crippen LogP contribution >= 0.6 is 23.2 Å². The van der Waals surface area contributed by atoms with Gasteiger partial charge in [-0.2, -0.15) is 0 Å². The van der Waals surface area contributed by atoms with Crippen LogP contribution in [0.3, 0.4) is 0 Å². The van der Waals surface area contributed by atoms with Gasteiger partial charge in [0.05, 0.1) is 22.3 Å². The molecule has 0 spiro atoms. The van der Waals surface area contributed by atoms with Crippen LogP contribution in [0.2, 0.25) is 10.0 Å². The van der Waals surface area contributed by atoms with E-state index in [0.29, 0.717) is 16.7 Å². The lowest BCUT2D eigenvalue weighted by molar-refractivity contribution is 0.188. The van der Waals surface area contributed by atoms with Crippen molar-refractivity contribution in [2.75, 3.05) is 19.0 Å². The molecule has 1 aromatic carbocycles. The zero-order valence-corrected chi connectivity index (χ0v) is 12.3. The SMILES string of the molecule is COCCn1cc(C)nc1Nc1ccc(Cl)c(Cl)c1. The molecule has 19 heavy (non-hydrogen) atoms. The fraction of sp³-hybridized carbons (Fsp3) is 0.308. The van der Waals surface area contributed by atoms with Gasteiger partial charge in [0.15, 0.2) is 0 Å². The van der Waals surface area contributed by atoms with Gasteiger partial charge in [-0.3, -0.25) is 0 Å². The molecule has 0 aliphatic carbocycles. The van der Waals surface area contributed by atoms with Gasteiger partial charge in [-0.05, 0) is 25.1 Å². The minimum atomic E-state index is 0.512. The smallest absolute Gasteiger partial charge is 0.207 e. The van der Waals surface area contributed by atoms with E-state index in [1.807, 2.05) is 23.8 Å². The maximum Gasteiger partial charge on any atom is 0.207 e. The Bertz CT molecular complexity index is 569. The normalized spacial score (nSPS) is 10.7. The number of rotatable bonds is 5. The Morgan fingerprint density at radius 2 is 2.11 bits per heavy atom. The minimum absolute atomic E-state index is 0.512. The van der Waals surface area contributed by atoms with Crippen LogP contribution in [-0.4, -0.2) is 23.3 Å². The van der Waals surface area contributed by atoms with E-state index in [1.54, 1.807) is 19.2 Å². The number of aromatic nitrogens is 2. The highest BCUT2D eigenvalue weighted by Gasteiger charge is 2.07. The summed E-state index contributed by atoms with van der Waals surface area (Å²) in [5.74, 6) is 0.757. The average Bonchev–Trinajstić information content (AvgIpc) is 2.71. The van der Waals surface area contributed by atoms with Gasteiger partial charge in [0, 0.05) is 25.5 Å². The first-order valence-corrected chi connectivity index (χ1v) is 6.60. The molecule has 0 saturated carbocycles. The van der Waals surface area contributed by atoms with Gasteiger partial charge in [0.2, 0.25) is 5.95 Å². The molecule has 4 nitrogen and oxygen atoms in total. The topological polar surface area (TPSA) is 39.1 Å². The van der Waals surface area contributed by atoms with E-state index < -0.39 is 0 Å². The van der Waals surface area contributed by atoms with Crippen LogP contribution in [0.5, 0.6) is 0 Å². The molecular formula is C13H15Cl2N3O. The number of imidazole rings is 1. The average molecular weight is 300 g/mol. The van der Waals surface area contributed by atoms with E-state index in [-0.39, 0.29) is 0 Å². The molecule has 102 valence electrons. The third kappa shape index (κ3) is 3.62. The molecule has 0 radical (unpaired) electrons. The lowest BCUT2D eigenvalue weighted by Crippen LogP contribution is -2.07. The number of nitrogens with zero attached hydrogens (tertiary/aromatic N) is 2. The van der Waals surface area contributed by atoms with Crippen LogP contribution in [0.15, 0.2) is 24.4 Å². The molecule has 0 aliphatic rings. The summed E-state index contributed by atoms with van der Waals surface area (Å²) in [6.45, 7) is 3.32. The summed E-state index contributed by atoms with van der Waals surface area (Å²) < 4.78 is 7.08. The number of aryl methyl sites for hydroxylation is 1. The monoisotopic (exact) mass is 299 g/mol. The summed E-state index contributed by atoms with van der Waals surface area (Å²) in [6.07, 6.45) is 1.97. The number of methoxy groups -OCH3 is 1. The van der Waals surface area contributed by atoms with Crippen molar-refractivity contribution in [2.24, 2.45) is 0 Å². The summed E-state index contributed by atoms with van der Waals surface area (Å²) in [4.78, 5) is 4.43. The number of hydrogen-bond donors (Lipinski definition) is 1. The van der Waals surface area contributed by atoms with Crippen molar-refractivity contribution in [2.45, 2.75) is 13.5 Å². The van der Waals surface area contributed by atoms with Crippen LogP contribution < -0.4 is 5.32 Å². The van der Waals surface area contributed by atoms with Gasteiger partial charge in [-0.1, -0.05) is 23.2 Å². The number of benzene rings is 1. The minimum Gasteiger partial charge on any atom is -0.383 e. The van der Waals surface area contributed by atoms with Gasteiger partial charge < -0.3 is 14.6 Å². The third-order valence-corrected chi connectivity index (χ3v) is 3.35. The van der Waals surface area contributed by atoms with E-state index in [0.717, 1.165) is 23.9 Å². The molecule has 1 N–H and O–H groups in total. The standard InChI is InChI=1S/C13H15Cl2N3O/c1-9-8-18(5-6-19-2)13(16-9)17-10-3-4-11(14)12(15)7-10/h3-4,7-8H,5-6H2,1-2H3,(H,16,17). The van der Waals surface area contributed by atoms with Crippen molar-refractivity contribution in [3.05, 3.63) is 40.1 Å². The summed E-state index contributed by atoms with van der Waals surface area (Å²) in [6, 6.07) is 5.38. The highest BCUT2D eigenvalue weighted by molar-refractivity contribution is 6.42. The molecular weight excluding hydrogens is 285 g/mol. The van der Waals surface area contributed by atoms with Crippen LogP contribution in [0.25, 0.3) is 0 Å². The van der Waals surface area contributed by atoms with Gasteiger partial charge in [0.25, 0.3) is 0 Å². The second kappa shape index (κ2) is 6.28. The van der Waals surface area contributed by atoms with E-state index >= 15 is 0 Å². The number of anilines is 2. The van der Waals surface area contributed by atoms with Crippen LogP contribution in [0.4, 0.5) is 11.6 Å². The van der Waals surface area contributed by atoms with E-state index in [4.69, 9.17) is 27.9 Å². The number of nitrogens with one attached hydrogen (secondary N) is 1. The number of halogens is 2. The van der Waals surface area contributed by atoms with Crippen molar-refractivity contribution >= 4 is 34.8 Å². The maximum atomic E-state index is 5.99. The quantitative estimate of drug-likeness (QED) is 0.910. The molecule has 0 saturated heterocycles. The van der Waals surface area contributed by atoms with Gasteiger partial charge >= 0.3 is 0 Å². The highest BCUT2D eigenvalue weighted by atomic mass is 35.5. The molecule has 6 heteroatoms. The van der Waals surface area contributed by atoms with Crippen molar-refractivity contribution in [3.63, 3.8) is 0 Å².